The van der Waals surface area contributed by atoms with E-state index >= 15 is 0 Å². The SMILES string of the molecule is Cc1cc(Nc2c(C#N)cnc3c(Cl)cc(N[C@H](C4=CN(C(C)C)NN4)c4cccnc4)cc23)cnc1F. The first-order valence-electron chi connectivity index (χ1n) is 11.9. The highest BCUT2D eigenvalue weighted by Crippen LogP contribution is 2.37. The number of hydrogen-bond donors (Lipinski definition) is 4. The highest BCUT2D eigenvalue weighted by molar-refractivity contribution is 6.36. The number of halogens is 2. The van der Waals surface area contributed by atoms with Crippen molar-refractivity contribution in [2.45, 2.75) is 32.9 Å². The highest BCUT2D eigenvalue weighted by atomic mass is 35.5. The number of anilines is 3. The summed E-state index contributed by atoms with van der Waals surface area (Å²) in [7, 11) is 0. The number of benzene rings is 1. The van der Waals surface area contributed by atoms with E-state index in [0.717, 1.165) is 11.3 Å². The van der Waals surface area contributed by atoms with Crippen LogP contribution >= 0.6 is 11.6 Å². The second-order valence-electron chi connectivity index (χ2n) is 9.16. The number of nitrogens with zero attached hydrogens (tertiary/aromatic N) is 5. The van der Waals surface area contributed by atoms with Gasteiger partial charge in [-0.3, -0.25) is 15.0 Å². The van der Waals surface area contributed by atoms with E-state index in [1.54, 1.807) is 31.5 Å². The number of aryl methyl sites for hydroxylation is 1. The van der Waals surface area contributed by atoms with Crippen molar-refractivity contribution in [1.29, 1.82) is 5.26 Å². The van der Waals surface area contributed by atoms with Crippen molar-refractivity contribution in [3.63, 3.8) is 0 Å². The molecule has 0 radical (unpaired) electrons. The first-order valence-corrected chi connectivity index (χ1v) is 12.3. The van der Waals surface area contributed by atoms with Crippen molar-refractivity contribution in [2.24, 2.45) is 0 Å². The van der Waals surface area contributed by atoms with Gasteiger partial charge in [0.25, 0.3) is 0 Å². The van der Waals surface area contributed by atoms with Gasteiger partial charge in [-0.1, -0.05) is 17.7 Å². The van der Waals surface area contributed by atoms with Crippen LogP contribution in [0.5, 0.6) is 0 Å². The summed E-state index contributed by atoms with van der Waals surface area (Å²) in [6, 6.07) is 11.3. The van der Waals surface area contributed by atoms with Crippen molar-refractivity contribution in [1.82, 2.24) is 30.9 Å². The molecule has 0 fully saturated rings. The van der Waals surface area contributed by atoms with E-state index in [-0.39, 0.29) is 12.1 Å². The van der Waals surface area contributed by atoms with E-state index in [1.807, 2.05) is 29.4 Å². The van der Waals surface area contributed by atoms with Crippen LogP contribution in [0.1, 0.15) is 36.6 Å². The summed E-state index contributed by atoms with van der Waals surface area (Å²) in [6.07, 6.45) is 8.37. The lowest BCUT2D eigenvalue weighted by Gasteiger charge is -2.22. The molecule has 1 aliphatic heterocycles. The van der Waals surface area contributed by atoms with Crippen LogP contribution < -0.4 is 21.6 Å². The molecule has 0 unspecified atom stereocenters. The molecule has 0 saturated carbocycles. The Morgan fingerprint density at radius 1 is 1.13 bits per heavy atom. The maximum Gasteiger partial charge on any atom is 0.215 e. The molecular formula is C27H25ClFN9. The van der Waals surface area contributed by atoms with Gasteiger partial charge in [-0.15, -0.1) is 5.53 Å². The van der Waals surface area contributed by atoms with Crippen molar-refractivity contribution >= 4 is 39.6 Å². The van der Waals surface area contributed by atoms with E-state index in [1.165, 1.54) is 12.4 Å². The zero-order valence-electron chi connectivity index (χ0n) is 20.9. The van der Waals surface area contributed by atoms with Gasteiger partial charge in [0.15, 0.2) is 0 Å². The summed E-state index contributed by atoms with van der Waals surface area (Å²) < 4.78 is 13.8. The first-order chi connectivity index (χ1) is 18.3. The predicted octanol–water partition coefficient (Wildman–Crippen LogP) is 5.47. The van der Waals surface area contributed by atoms with Crippen LogP contribution in [0.2, 0.25) is 5.02 Å². The number of aromatic nitrogens is 3. The van der Waals surface area contributed by atoms with Crippen molar-refractivity contribution < 1.29 is 4.39 Å². The van der Waals surface area contributed by atoms with Gasteiger partial charge >= 0.3 is 0 Å². The molecule has 1 atom stereocenters. The standard InChI is InChI=1S/C27H25ClFN9/c1-15(2)38-14-23(36-37-38)25(17-5-4-6-31-11-17)34-19-8-21-24(35-20-7-16(3)27(29)33-13-20)18(10-30)12-32-26(21)22(28)9-19/h4-9,11-15,25,34,36-37H,1-3H3,(H,32,35)/t25-/m0/s1. The lowest BCUT2D eigenvalue weighted by molar-refractivity contribution is 0.221. The van der Waals surface area contributed by atoms with E-state index in [0.29, 0.717) is 44.1 Å². The smallest absolute Gasteiger partial charge is 0.215 e. The highest BCUT2D eigenvalue weighted by Gasteiger charge is 2.24. The molecule has 4 aromatic rings. The van der Waals surface area contributed by atoms with Gasteiger partial charge in [0.1, 0.15) is 6.07 Å². The maximum atomic E-state index is 13.8. The fraction of sp³-hybridized carbons (Fsp3) is 0.185. The molecule has 0 spiro atoms. The Morgan fingerprint density at radius 2 is 1.97 bits per heavy atom. The minimum Gasteiger partial charge on any atom is -0.373 e. The summed E-state index contributed by atoms with van der Waals surface area (Å²) in [6.45, 7) is 5.79. The van der Waals surface area contributed by atoms with E-state index in [9.17, 15) is 9.65 Å². The summed E-state index contributed by atoms with van der Waals surface area (Å²) in [5, 5.41) is 19.6. The van der Waals surface area contributed by atoms with Crippen molar-refractivity contribution in [2.75, 3.05) is 10.6 Å². The summed E-state index contributed by atoms with van der Waals surface area (Å²) in [5.74, 6) is -0.549. The molecule has 0 aliphatic carbocycles. The van der Waals surface area contributed by atoms with Gasteiger partial charge in [0, 0.05) is 47.5 Å². The second-order valence-corrected chi connectivity index (χ2v) is 9.56. The van der Waals surface area contributed by atoms with Gasteiger partial charge in [0.2, 0.25) is 5.95 Å². The fourth-order valence-electron chi connectivity index (χ4n) is 4.16. The Kier molecular flexibility index (Phi) is 6.96. The zero-order chi connectivity index (χ0) is 26.8. The largest absolute Gasteiger partial charge is 0.373 e. The molecule has 9 nitrogen and oxygen atoms in total. The molecule has 4 N–H and O–H groups in total. The Morgan fingerprint density at radius 3 is 2.66 bits per heavy atom. The van der Waals surface area contributed by atoms with Crippen LogP contribution in [0, 0.1) is 24.2 Å². The Labute approximate surface area is 224 Å². The molecule has 38 heavy (non-hydrogen) atoms. The lowest BCUT2D eigenvalue weighted by Crippen LogP contribution is -2.41. The van der Waals surface area contributed by atoms with E-state index < -0.39 is 5.95 Å². The normalized spacial score (nSPS) is 13.7. The number of hydrazine groups is 2. The van der Waals surface area contributed by atoms with Crippen LogP contribution in [0.3, 0.4) is 0 Å². The zero-order valence-corrected chi connectivity index (χ0v) is 21.7. The topological polar surface area (TPSA) is 114 Å². The van der Waals surface area contributed by atoms with Gasteiger partial charge in [-0.05, 0) is 50.6 Å². The number of rotatable bonds is 7. The minimum absolute atomic E-state index is 0.235. The molecule has 11 heteroatoms. The monoisotopic (exact) mass is 529 g/mol. The van der Waals surface area contributed by atoms with Crippen LogP contribution in [0.25, 0.3) is 10.9 Å². The molecular weight excluding hydrogens is 505 g/mol. The van der Waals surface area contributed by atoms with Crippen LogP contribution in [0.4, 0.5) is 21.5 Å². The molecule has 4 heterocycles. The fourth-order valence-corrected chi connectivity index (χ4v) is 4.42. The average Bonchev–Trinajstić information content (AvgIpc) is 3.41. The van der Waals surface area contributed by atoms with Crippen molar-refractivity contribution in [3.05, 3.63) is 94.7 Å². The van der Waals surface area contributed by atoms with Crippen molar-refractivity contribution in [3.8, 4) is 6.07 Å². The summed E-state index contributed by atoms with van der Waals surface area (Å²) >= 11 is 6.69. The number of pyridine rings is 3. The quantitative estimate of drug-likeness (QED) is 0.231. The molecule has 1 aromatic carbocycles. The third-order valence-electron chi connectivity index (χ3n) is 6.13. The molecule has 192 valence electrons. The van der Waals surface area contributed by atoms with E-state index in [4.69, 9.17) is 11.6 Å². The lowest BCUT2D eigenvalue weighted by atomic mass is 10.0. The maximum absolute atomic E-state index is 13.8. The molecule has 3 aromatic heterocycles. The molecule has 1 aliphatic rings. The van der Waals surface area contributed by atoms with Gasteiger partial charge in [-0.2, -0.15) is 9.65 Å². The molecule has 5 rings (SSSR count). The average molecular weight is 530 g/mol. The van der Waals surface area contributed by atoms with E-state index in [2.05, 4.69) is 56.5 Å². The third-order valence-corrected chi connectivity index (χ3v) is 6.42. The third kappa shape index (κ3) is 5.02. The molecule has 0 bridgehead atoms. The Bertz CT molecular complexity index is 1570. The van der Waals surface area contributed by atoms with Gasteiger partial charge in [-0.25, -0.2) is 4.98 Å². The predicted molar refractivity (Wildman–Crippen MR) is 146 cm³/mol. The van der Waals surface area contributed by atoms with Crippen LogP contribution in [-0.2, 0) is 0 Å². The Balaban J connectivity index is 1.59. The van der Waals surface area contributed by atoms with Gasteiger partial charge in [0.05, 0.1) is 45.4 Å². The van der Waals surface area contributed by atoms with Crippen LogP contribution in [-0.4, -0.2) is 26.0 Å². The summed E-state index contributed by atoms with van der Waals surface area (Å²) in [5.41, 5.74) is 11.2. The number of fused-ring (bicyclic) bond motifs is 1. The number of hydrogen-bond acceptors (Lipinski definition) is 9. The first kappa shape index (κ1) is 25.2. The number of nitrogens with one attached hydrogen (secondary N) is 4. The van der Waals surface area contributed by atoms with Gasteiger partial charge < -0.3 is 16.1 Å². The summed E-state index contributed by atoms with van der Waals surface area (Å²) in [4.78, 5) is 12.5. The molecule has 0 saturated heterocycles. The Hall–Kier alpha value is -4.46. The van der Waals surface area contributed by atoms with Crippen LogP contribution in [0.15, 0.2) is 67.0 Å². The minimum atomic E-state index is -0.549. The molecule has 0 amide bonds. The second kappa shape index (κ2) is 10.5. The number of nitriles is 1.